The zero-order valence-electron chi connectivity index (χ0n) is 22.1. The van der Waals surface area contributed by atoms with Gasteiger partial charge in [0, 0.05) is 41.9 Å². The molecule has 14 heteroatoms. The first-order valence-corrected chi connectivity index (χ1v) is 12.7. The average molecular weight is 566 g/mol. The zero-order chi connectivity index (χ0) is 30.1. The molecule has 5 amide bonds. The Bertz CT molecular complexity index is 1340. The molecule has 3 rings (SSSR count). The van der Waals surface area contributed by atoms with Crippen molar-refractivity contribution in [3.8, 4) is 0 Å². The lowest BCUT2D eigenvalue weighted by Gasteiger charge is -2.40. The van der Waals surface area contributed by atoms with Crippen LogP contribution in [0.4, 0.5) is 0 Å². The topological polar surface area (TPSA) is 229 Å². The number of aliphatic carboxylic acids is 1. The molecule has 1 aliphatic rings. The summed E-state index contributed by atoms with van der Waals surface area (Å²) in [5.41, 5.74) is 11.9. The SMILES string of the molecule is N=C(N)c1ccc(C(=O)NCCC[C@H]2C(=O)N(CC(=O)O)CCN2C(=O)CNC(=O)c2ccc(C(N)=O)cc2)cc1. The molecule has 1 atom stereocenters. The Morgan fingerprint density at radius 2 is 1.39 bits per heavy atom. The molecule has 0 saturated carbocycles. The van der Waals surface area contributed by atoms with Crippen LogP contribution in [0.2, 0.25) is 0 Å². The second kappa shape index (κ2) is 13.7. The number of amides is 5. The van der Waals surface area contributed by atoms with Gasteiger partial charge in [-0.15, -0.1) is 0 Å². The fraction of sp³-hybridized carbons (Fsp3) is 0.296. The number of benzene rings is 2. The van der Waals surface area contributed by atoms with Gasteiger partial charge in [-0.2, -0.15) is 0 Å². The number of carboxylic acids is 1. The van der Waals surface area contributed by atoms with Crippen LogP contribution >= 0.6 is 0 Å². The van der Waals surface area contributed by atoms with Crippen molar-refractivity contribution in [1.82, 2.24) is 20.4 Å². The summed E-state index contributed by atoms with van der Waals surface area (Å²) < 4.78 is 0. The van der Waals surface area contributed by atoms with Crippen LogP contribution in [0.3, 0.4) is 0 Å². The Balaban J connectivity index is 1.59. The third-order valence-electron chi connectivity index (χ3n) is 6.46. The number of piperazine rings is 1. The third-order valence-corrected chi connectivity index (χ3v) is 6.46. The number of carbonyl (C=O) groups excluding carboxylic acids is 5. The van der Waals surface area contributed by atoms with Gasteiger partial charge in [0.15, 0.2) is 0 Å². The van der Waals surface area contributed by atoms with Crippen LogP contribution in [0, 0.1) is 5.41 Å². The van der Waals surface area contributed by atoms with Gasteiger partial charge in [0.2, 0.25) is 17.7 Å². The number of primary amides is 1. The van der Waals surface area contributed by atoms with Gasteiger partial charge < -0.3 is 37.0 Å². The number of hydrogen-bond acceptors (Lipinski definition) is 7. The highest BCUT2D eigenvalue weighted by atomic mass is 16.4. The number of nitrogen functional groups attached to an aromatic ring is 1. The van der Waals surface area contributed by atoms with Crippen molar-refractivity contribution in [3.63, 3.8) is 0 Å². The van der Waals surface area contributed by atoms with Crippen LogP contribution in [0.25, 0.3) is 0 Å². The van der Waals surface area contributed by atoms with Crippen LogP contribution < -0.4 is 22.1 Å². The molecule has 2 aromatic rings. The van der Waals surface area contributed by atoms with Crippen LogP contribution in [-0.4, -0.2) is 95.0 Å². The monoisotopic (exact) mass is 565 g/mol. The molecular formula is C27H31N7O7. The maximum atomic E-state index is 13.1. The highest BCUT2D eigenvalue weighted by molar-refractivity contribution is 5.99. The standard InChI is InChI=1S/C27H31N7O7/c28-23(29)16-3-7-18(8-4-16)25(39)31-11-1-2-20-27(41)33(15-22(36)37)12-13-34(20)21(35)14-32-26(40)19-9-5-17(6-10-19)24(30)38/h3-10,20H,1-2,11-15H2,(H3,28,29)(H2,30,38)(H,31,39)(H,32,40)(H,36,37)/t20-/m0/s1. The quantitative estimate of drug-likeness (QED) is 0.107. The van der Waals surface area contributed by atoms with Gasteiger partial charge in [-0.25, -0.2) is 0 Å². The molecule has 0 aromatic heterocycles. The van der Waals surface area contributed by atoms with E-state index in [0.29, 0.717) is 17.5 Å². The number of nitrogens with zero attached hydrogens (tertiary/aromatic N) is 2. The Morgan fingerprint density at radius 3 is 1.93 bits per heavy atom. The number of carbonyl (C=O) groups is 6. The smallest absolute Gasteiger partial charge is 0.323 e. The van der Waals surface area contributed by atoms with Gasteiger partial charge in [0.05, 0.1) is 6.54 Å². The molecule has 0 aliphatic carbocycles. The molecule has 8 N–H and O–H groups in total. The number of amidine groups is 1. The number of carboxylic acid groups (broad SMARTS) is 1. The highest BCUT2D eigenvalue weighted by Crippen LogP contribution is 2.17. The maximum absolute atomic E-state index is 13.1. The molecule has 14 nitrogen and oxygen atoms in total. The fourth-order valence-corrected chi connectivity index (χ4v) is 4.28. The Kier molecular flexibility index (Phi) is 10.1. The van der Waals surface area contributed by atoms with Crippen molar-refractivity contribution in [2.75, 3.05) is 32.7 Å². The van der Waals surface area contributed by atoms with Crippen LogP contribution in [-0.2, 0) is 14.4 Å². The molecule has 0 bridgehead atoms. The van der Waals surface area contributed by atoms with E-state index in [4.69, 9.17) is 22.0 Å². The van der Waals surface area contributed by atoms with E-state index in [1.54, 1.807) is 12.1 Å². The Labute approximate surface area is 235 Å². The van der Waals surface area contributed by atoms with Gasteiger partial charge in [-0.05, 0) is 49.2 Å². The number of nitrogens with one attached hydrogen (secondary N) is 3. The zero-order valence-corrected chi connectivity index (χ0v) is 22.1. The summed E-state index contributed by atoms with van der Waals surface area (Å²) in [5.74, 6) is -3.96. The number of rotatable bonds is 12. The first-order chi connectivity index (χ1) is 19.5. The normalized spacial score (nSPS) is 14.7. The molecule has 0 unspecified atom stereocenters. The lowest BCUT2D eigenvalue weighted by Crippen LogP contribution is -2.60. The van der Waals surface area contributed by atoms with Crippen molar-refractivity contribution in [2.24, 2.45) is 11.5 Å². The molecule has 216 valence electrons. The van der Waals surface area contributed by atoms with E-state index in [0.717, 1.165) is 4.90 Å². The van der Waals surface area contributed by atoms with E-state index >= 15 is 0 Å². The van der Waals surface area contributed by atoms with E-state index in [1.807, 2.05) is 0 Å². The number of nitrogens with two attached hydrogens (primary N) is 2. The average Bonchev–Trinajstić information content (AvgIpc) is 2.95. The molecule has 1 saturated heterocycles. The van der Waals surface area contributed by atoms with Gasteiger partial charge in [0.25, 0.3) is 11.8 Å². The summed E-state index contributed by atoms with van der Waals surface area (Å²) >= 11 is 0. The third kappa shape index (κ3) is 8.11. The minimum atomic E-state index is -1.19. The lowest BCUT2D eigenvalue weighted by atomic mass is 10.0. The first kappa shape index (κ1) is 30.3. The maximum Gasteiger partial charge on any atom is 0.323 e. The van der Waals surface area contributed by atoms with E-state index in [-0.39, 0.29) is 48.9 Å². The van der Waals surface area contributed by atoms with Crippen LogP contribution in [0.1, 0.15) is 49.5 Å². The molecule has 1 fully saturated rings. The van der Waals surface area contributed by atoms with Crippen molar-refractivity contribution < 1.29 is 33.9 Å². The van der Waals surface area contributed by atoms with Gasteiger partial charge in [0.1, 0.15) is 18.4 Å². The van der Waals surface area contributed by atoms with Crippen molar-refractivity contribution >= 4 is 41.3 Å². The molecule has 41 heavy (non-hydrogen) atoms. The molecule has 1 aliphatic heterocycles. The van der Waals surface area contributed by atoms with E-state index in [1.165, 1.54) is 41.3 Å². The van der Waals surface area contributed by atoms with Gasteiger partial charge >= 0.3 is 5.97 Å². The summed E-state index contributed by atoms with van der Waals surface area (Å²) in [7, 11) is 0. The minimum absolute atomic E-state index is 0.0168. The Hall–Kier alpha value is -5.27. The molecule has 1 heterocycles. The van der Waals surface area contributed by atoms with Crippen molar-refractivity contribution in [1.29, 1.82) is 5.41 Å². The van der Waals surface area contributed by atoms with E-state index in [2.05, 4.69) is 10.6 Å². The largest absolute Gasteiger partial charge is 0.480 e. The molecular weight excluding hydrogens is 534 g/mol. The summed E-state index contributed by atoms with van der Waals surface area (Å²) in [6.45, 7) is -0.659. The molecule has 0 radical (unpaired) electrons. The first-order valence-electron chi connectivity index (χ1n) is 12.7. The minimum Gasteiger partial charge on any atom is -0.480 e. The predicted molar refractivity (Wildman–Crippen MR) is 146 cm³/mol. The summed E-state index contributed by atoms with van der Waals surface area (Å²) in [6.07, 6.45) is 0.448. The lowest BCUT2D eigenvalue weighted by molar-refractivity contribution is -0.155. The Morgan fingerprint density at radius 1 is 0.854 bits per heavy atom. The molecule has 2 aromatic carbocycles. The summed E-state index contributed by atoms with van der Waals surface area (Å²) in [6, 6.07) is 10.7. The predicted octanol–water partition coefficient (Wildman–Crippen LogP) is -0.866. The van der Waals surface area contributed by atoms with Crippen LogP contribution in [0.5, 0.6) is 0 Å². The van der Waals surface area contributed by atoms with Crippen molar-refractivity contribution in [3.05, 3.63) is 70.8 Å². The van der Waals surface area contributed by atoms with E-state index < -0.39 is 48.7 Å². The highest BCUT2D eigenvalue weighted by Gasteiger charge is 2.37. The van der Waals surface area contributed by atoms with E-state index in [9.17, 15) is 28.8 Å². The van der Waals surface area contributed by atoms with Gasteiger partial charge in [-0.1, -0.05) is 12.1 Å². The summed E-state index contributed by atoms with van der Waals surface area (Å²) in [5, 5.41) is 21.8. The number of hydrogen-bond donors (Lipinski definition) is 6. The summed E-state index contributed by atoms with van der Waals surface area (Å²) in [4.78, 5) is 75.9. The fourth-order valence-electron chi connectivity index (χ4n) is 4.28. The second-order valence-electron chi connectivity index (χ2n) is 9.27. The van der Waals surface area contributed by atoms with Crippen LogP contribution in [0.15, 0.2) is 48.5 Å². The van der Waals surface area contributed by atoms with Gasteiger partial charge in [-0.3, -0.25) is 34.2 Å². The molecule has 0 spiro atoms. The van der Waals surface area contributed by atoms with Crippen molar-refractivity contribution in [2.45, 2.75) is 18.9 Å². The second-order valence-corrected chi connectivity index (χ2v) is 9.27.